The molecule has 0 atom stereocenters. The molecule has 0 saturated carbocycles. The molecular formula is C17H21N5OS. The molecule has 3 rings (SSSR count). The Morgan fingerprint density at radius 3 is 2.83 bits per heavy atom. The van der Waals surface area contributed by atoms with E-state index < -0.39 is 0 Å². The van der Waals surface area contributed by atoms with Crippen molar-refractivity contribution in [2.45, 2.75) is 26.8 Å². The van der Waals surface area contributed by atoms with Gasteiger partial charge in [-0.05, 0) is 39.0 Å². The molecule has 0 aliphatic heterocycles. The van der Waals surface area contributed by atoms with Crippen LogP contribution < -0.4 is 11.1 Å². The topological polar surface area (TPSA) is 85.8 Å². The van der Waals surface area contributed by atoms with Crippen LogP contribution in [0.3, 0.4) is 0 Å². The molecule has 0 fully saturated rings. The van der Waals surface area contributed by atoms with E-state index >= 15 is 0 Å². The zero-order valence-corrected chi connectivity index (χ0v) is 14.9. The third kappa shape index (κ3) is 3.05. The van der Waals surface area contributed by atoms with Crippen molar-refractivity contribution in [3.63, 3.8) is 0 Å². The first kappa shape index (κ1) is 16.6. The third-order valence-electron chi connectivity index (χ3n) is 3.72. The lowest BCUT2D eigenvalue weighted by atomic mass is 10.1. The fourth-order valence-corrected chi connectivity index (χ4v) is 3.39. The molecular weight excluding hydrogens is 322 g/mol. The van der Waals surface area contributed by atoms with E-state index in [9.17, 15) is 4.79 Å². The standard InChI is InChI=1S/C17H21N5OS/c1-10(2)22-16-13(9-20-22)12(17(23)19-7-6-18)8-14(21-16)15-5-4-11(3)24-15/h4-5,8-10H,6-7,18H2,1-3H3,(H,19,23). The Kier molecular flexibility index (Phi) is 4.64. The molecule has 0 radical (unpaired) electrons. The number of nitrogens with one attached hydrogen (secondary N) is 1. The molecule has 0 saturated heterocycles. The summed E-state index contributed by atoms with van der Waals surface area (Å²) in [5.74, 6) is -0.148. The molecule has 24 heavy (non-hydrogen) atoms. The fourth-order valence-electron chi connectivity index (χ4n) is 2.56. The number of amides is 1. The molecule has 126 valence electrons. The molecule has 7 heteroatoms. The lowest BCUT2D eigenvalue weighted by molar-refractivity contribution is 0.0956. The van der Waals surface area contributed by atoms with E-state index in [4.69, 9.17) is 10.7 Å². The van der Waals surface area contributed by atoms with Crippen LogP contribution in [0, 0.1) is 6.92 Å². The van der Waals surface area contributed by atoms with Crippen molar-refractivity contribution in [1.29, 1.82) is 0 Å². The van der Waals surface area contributed by atoms with E-state index in [-0.39, 0.29) is 11.9 Å². The number of pyridine rings is 1. The molecule has 1 amide bonds. The molecule has 0 aromatic carbocycles. The molecule has 0 spiro atoms. The number of nitrogens with zero attached hydrogens (tertiary/aromatic N) is 3. The van der Waals surface area contributed by atoms with Crippen LogP contribution in [0.5, 0.6) is 0 Å². The van der Waals surface area contributed by atoms with Gasteiger partial charge in [-0.25, -0.2) is 9.67 Å². The minimum Gasteiger partial charge on any atom is -0.351 e. The molecule has 3 aromatic rings. The summed E-state index contributed by atoms with van der Waals surface area (Å²) in [4.78, 5) is 19.6. The second kappa shape index (κ2) is 6.70. The summed E-state index contributed by atoms with van der Waals surface area (Å²) in [6.07, 6.45) is 1.71. The second-order valence-electron chi connectivity index (χ2n) is 5.93. The van der Waals surface area contributed by atoms with Gasteiger partial charge >= 0.3 is 0 Å². The molecule has 0 aliphatic rings. The summed E-state index contributed by atoms with van der Waals surface area (Å²) in [6, 6.07) is 6.09. The summed E-state index contributed by atoms with van der Waals surface area (Å²) < 4.78 is 1.85. The van der Waals surface area contributed by atoms with Crippen LogP contribution in [0.4, 0.5) is 0 Å². The Morgan fingerprint density at radius 1 is 1.42 bits per heavy atom. The summed E-state index contributed by atoms with van der Waals surface area (Å²) in [7, 11) is 0. The number of hydrogen-bond acceptors (Lipinski definition) is 5. The van der Waals surface area contributed by atoms with Gasteiger partial charge in [0.25, 0.3) is 5.91 Å². The maximum atomic E-state index is 12.6. The monoisotopic (exact) mass is 343 g/mol. The van der Waals surface area contributed by atoms with Crippen molar-refractivity contribution in [2.75, 3.05) is 13.1 Å². The third-order valence-corrected chi connectivity index (χ3v) is 4.75. The summed E-state index contributed by atoms with van der Waals surface area (Å²) in [6.45, 7) is 6.99. The Hall–Kier alpha value is -2.25. The Balaban J connectivity index is 2.19. The van der Waals surface area contributed by atoms with E-state index in [0.29, 0.717) is 18.7 Å². The van der Waals surface area contributed by atoms with Gasteiger partial charge in [-0.15, -0.1) is 11.3 Å². The number of carbonyl (C=O) groups is 1. The largest absolute Gasteiger partial charge is 0.351 e. The highest BCUT2D eigenvalue weighted by Crippen LogP contribution is 2.30. The maximum absolute atomic E-state index is 12.6. The van der Waals surface area contributed by atoms with Gasteiger partial charge in [0, 0.05) is 24.0 Å². The predicted molar refractivity (Wildman–Crippen MR) is 97.4 cm³/mol. The van der Waals surface area contributed by atoms with Gasteiger partial charge in [0.05, 0.1) is 27.7 Å². The lowest BCUT2D eigenvalue weighted by Crippen LogP contribution is -2.29. The second-order valence-corrected chi connectivity index (χ2v) is 7.22. The average molecular weight is 343 g/mol. The molecule has 6 nitrogen and oxygen atoms in total. The van der Waals surface area contributed by atoms with Crippen LogP contribution in [0.1, 0.15) is 35.1 Å². The Labute approximate surface area is 144 Å². The zero-order valence-electron chi connectivity index (χ0n) is 14.0. The first-order valence-electron chi connectivity index (χ1n) is 7.94. The molecule has 3 N–H and O–H groups in total. The number of nitrogens with two attached hydrogens (primary N) is 1. The Bertz CT molecular complexity index is 880. The normalized spacial score (nSPS) is 11.4. The summed E-state index contributed by atoms with van der Waals surface area (Å²) in [5.41, 5.74) is 7.60. The molecule has 3 heterocycles. The van der Waals surface area contributed by atoms with Gasteiger partial charge < -0.3 is 11.1 Å². The highest BCUT2D eigenvalue weighted by molar-refractivity contribution is 7.15. The minimum absolute atomic E-state index is 0.148. The van der Waals surface area contributed by atoms with Gasteiger partial charge in [0.15, 0.2) is 5.65 Å². The van der Waals surface area contributed by atoms with Crippen molar-refractivity contribution < 1.29 is 4.79 Å². The quantitative estimate of drug-likeness (QED) is 0.746. The highest BCUT2D eigenvalue weighted by atomic mass is 32.1. The molecule has 0 bridgehead atoms. The van der Waals surface area contributed by atoms with Crippen LogP contribution in [-0.2, 0) is 0 Å². The van der Waals surface area contributed by atoms with Crippen LogP contribution in [0.25, 0.3) is 21.6 Å². The SMILES string of the molecule is Cc1ccc(-c2cc(C(=O)NCCN)c3cnn(C(C)C)c3n2)s1. The fraction of sp³-hybridized carbons (Fsp3) is 0.353. The first-order valence-corrected chi connectivity index (χ1v) is 8.76. The van der Waals surface area contributed by atoms with Crippen molar-refractivity contribution >= 4 is 28.3 Å². The van der Waals surface area contributed by atoms with Crippen LogP contribution >= 0.6 is 11.3 Å². The number of thiophene rings is 1. The van der Waals surface area contributed by atoms with Gasteiger partial charge in [0.1, 0.15) is 0 Å². The van der Waals surface area contributed by atoms with Crippen LogP contribution in [0.2, 0.25) is 0 Å². The van der Waals surface area contributed by atoms with Crippen LogP contribution in [-0.4, -0.2) is 33.8 Å². The van der Waals surface area contributed by atoms with Crippen LogP contribution in [0.15, 0.2) is 24.4 Å². The number of aromatic nitrogens is 3. The smallest absolute Gasteiger partial charge is 0.252 e. The lowest BCUT2D eigenvalue weighted by Gasteiger charge is -2.10. The number of hydrogen-bond donors (Lipinski definition) is 2. The van der Waals surface area contributed by atoms with E-state index in [1.165, 1.54) is 4.88 Å². The van der Waals surface area contributed by atoms with E-state index in [1.807, 2.05) is 30.7 Å². The zero-order chi connectivity index (χ0) is 17.3. The number of fused-ring (bicyclic) bond motifs is 1. The minimum atomic E-state index is -0.148. The van der Waals surface area contributed by atoms with E-state index in [2.05, 4.69) is 23.4 Å². The van der Waals surface area contributed by atoms with Crippen molar-refractivity contribution in [1.82, 2.24) is 20.1 Å². The number of aryl methyl sites for hydroxylation is 1. The summed E-state index contributed by atoms with van der Waals surface area (Å²) >= 11 is 1.66. The predicted octanol–water partition coefficient (Wildman–Crippen LogP) is 2.74. The van der Waals surface area contributed by atoms with Gasteiger partial charge in [-0.1, -0.05) is 0 Å². The van der Waals surface area contributed by atoms with Gasteiger partial charge in [0.2, 0.25) is 0 Å². The summed E-state index contributed by atoms with van der Waals surface area (Å²) in [5, 5.41) is 8.01. The molecule has 3 aromatic heterocycles. The Morgan fingerprint density at radius 2 is 2.21 bits per heavy atom. The van der Waals surface area contributed by atoms with Crippen molar-refractivity contribution in [2.24, 2.45) is 5.73 Å². The van der Waals surface area contributed by atoms with E-state index in [1.54, 1.807) is 17.5 Å². The van der Waals surface area contributed by atoms with E-state index in [0.717, 1.165) is 21.6 Å². The number of rotatable bonds is 5. The molecule has 0 aliphatic carbocycles. The van der Waals surface area contributed by atoms with Crippen molar-refractivity contribution in [3.05, 3.63) is 34.8 Å². The maximum Gasteiger partial charge on any atom is 0.252 e. The van der Waals surface area contributed by atoms with Gasteiger partial charge in [-0.3, -0.25) is 4.79 Å². The number of carbonyl (C=O) groups excluding carboxylic acids is 1. The highest BCUT2D eigenvalue weighted by Gasteiger charge is 2.18. The average Bonchev–Trinajstić information content (AvgIpc) is 3.17. The molecule has 0 unspecified atom stereocenters. The first-order chi connectivity index (χ1) is 11.5. The van der Waals surface area contributed by atoms with Gasteiger partial charge in [-0.2, -0.15) is 5.10 Å². The van der Waals surface area contributed by atoms with Crippen molar-refractivity contribution in [3.8, 4) is 10.6 Å².